The molecule has 0 radical (unpaired) electrons. The van der Waals surface area contributed by atoms with Crippen LogP contribution in [0.1, 0.15) is 45.2 Å². The van der Waals surface area contributed by atoms with Gasteiger partial charge in [-0.1, -0.05) is 26.7 Å². The first-order chi connectivity index (χ1) is 9.06. The van der Waals surface area contributed by atoms with E-state index in [9.17, 15) is 0 Å². The van der Waals surface area contributed by atoms with Crippen LogP contribution in [0.3, 0.4) is 0 Å². The van der Waals surface area contributed by atoms with Gasteiger partial charge in [-0.2, -0.15) is 0 Å². The molecule has 4 heteroatoms. The molecule has 2 aromatic heterocycles. The second-order valence-corrected chi connectivity index (χ2v) is 7.41. The van der Waals surface area contributed by atoms with Crippen molar-refractivity contribution in [2.45, 2.75) is 52.0 Å². The van der Waals surface area contributed by atoms with E-state index in [2.05, 4.69) is 41.0 Å². The molecule has 3 nitrogen and oxygen atoms in total. The molecule has 0 aliphatic heterocycles. The first-order valence-corrected chi connectivity index (χ1v) is 8.11. The lowest BCUT2D eigenvalue weighted by atomic mass is 9.65. The maximum Gasteiger partial charge on any atom is 0.193 e. The third-order valence-electron chi connectivity index (χ3n) is 4.69. The first-order valence-electron chi connectivity index (χ1n) is 7.23. The average molecular weight is 277 g/mol. The van der Waals surface area contributed by atoms with E-state index in [1.54, 1.807) is 11.3 Å². The monoisotopic (exact) mass is 277 g/mol. The Labute approximate surface area is 118 Å². The van der Waals surface area contributed by atoms with Crippen LogP contribution in [-0.2, 0) is 6.42 Å². The Morgan fingerprint density at radius 1 is 1.53 bits per heavy atom. The van der Waals surface area contributed by atoms with E-state index < -0.39 is 0 Å². The summed E-state index contributed by atoms with van der Waals surface area (Å²) in [5, 5.41) is 2.07. The summed E-state index contributed by atoms with van der Waals surface area (Å²) in [6, 6.07) is 0.236. The largest absolute Gasteiger partial charge is 0.327 e. The molecule has 2 aromatic rings. The summed E-state index contributed by atoms with van der Waals surface area (Å²) in [4.78, 5) is 5.73. The van der Waals surface area contributed by atoms with Crippen LogP contribution in [0, 0.1) is 11.3 Å². The number of nitrogens with two attached hydrogens (primary N) is 1. The molecule has 0 amide bonds. The molecule has 2 atom stereocenters. The molecule has 0 spiro atoms. The van der Waals surface area contributed by atoms with Crippen LogP contribution in [0.25, 0.3) is 4.96 Å². The van der Waals surface area contributed by atoms with E-state index in [4.69, 9.17) is 5.73 Å². The lowest BCUT2D eigenvalue weighted by Gasteiger charge is -2.42. The van der Waals surface area contributed by atoms with E-state index in [0.29, 0.717) is 11.3 Å². The molecule has 0 bridgehead atoms. The molecule has 3 rings (SSSR count). The fraction of sp³-hybridized carbons (Fsp3) is 0.667. The normalized spacial score (nSPS) is 24.7. The number of hydrogen-bond donors (Lipinski definition) is 1. The van der Waals surface area contributed by atoms with E-state index in [0.717, 1.165) is 17.1 Å². The number of aromatic nitrogens is 2. The minimum absolute atomic E-state index is 0.236. The third kappa shape index (κ3) is 2.56. The summed E-state index contributed by atoms with van der Waals surface area (Å²) < 4.78 is 2.10. The molecular weight excluding hydrogens is 254 g/mol. The van der Waals surface area contributed by atoms with Gasteiger partial charge in [-0.05, 0) is 24.2 Å². The fourth-order valence-electron chi connectivity index (χ4n) is 3.57. The van der Waals surface area contributed by atoms with Gasteiger partial charge in [0.05, 0.1) is 5.69 Å². The Kier molecular flexibility index (Phi) is 3.39. The number of imidazole rings is 1. The van der Waals surface area contributed by atoms with Gasteiger partial charge in [0.2, 0.25) is 0 Å². The Morgan fingerprint density at radius 3 is 3.11 bits per heavy atom. The average Bonchev–Trinajstić information content (AvgIpc) is 2.88. The van der Waals surface area contributed by atoms with E-state index in [-0.39, 0.29) is 6.04 Å². The number of rotatable bonds is 3. The standard InChI is InChI=1S/C15H23N3S/c1-15(2)6-4-3-5-12(15)13(16)9-11-10-18-7-8-19-14(18)17-11/h7-8,10,12-13H,3-6,9,16H2,1-2H3. The number of fused-ring (bicyclic) bond motifs is 1. The summed E-state index contributed by atoms with van der Waals surface area (Å²) in [6.45, 7) is 4.75. The highest BCUT2D eigenvalue weighted by Gasteiger charge is 2.36. The molecular formula is C15H23N3S. The molecule has 2 unspecified atom stereocenters. The molecule has 1 aliphatic carbocycles. The predicted molar refractivity (Wildman–Crippen MR) is 80.5 cm³/mol. The quantitative estimate of drug-likeness (QED) is 0.933. The maximum atomic E-state index is 6.50. The second-order valence-electron chi connectivity index (χ2n) is 6.53. The number of thiazole rings is 1. The van der Waals surface area contributed by atoms with Gasteiger partial charge >= 0.3 is 0 Å². The Bertz CT molecular complexity index is 526. The zero-order valence-electron chi connectivity index (χ0n) is 11.8. The third-order valence-corrected chi connectivity index (χ3v) is 5.47. The molecule has 1 saturated carbocycles. The molecule has 1 aliphatic rings. The van der Waals surface area contributed by atoms with Gasteiger partial charge in [-0.3, -0.25) is 4.40 Å². The molecule has 2 N–H and O–H groups in total. The van der Waals surface area contributed by atoms with Crippen LogP contribution >= 0.6 is 11.3 Å². The Balaban J connectivity index is 1.73. The van der Waals surface area contributed by atoms with Gasteiger partial charge in [0.15, 0.2) is 4.96 Å². The van der Waals surface area contributed by atoms with E-state index >= 15 is 0 Å². The van der Waals surface area contributed by atoms with Crippen LogP contribution in [0.4, 0.5) is 0 Å². The zero-order chi connectivity index (χ0) is 13.5. The van der Waals surface area contributed by atoms with Crippen molar-refractivity contribution in [3.05, 3.63) is 23.5 Å². The van der Waals surface area contributed by atoms with Gasteiger partial charge < -0.3 is 5.73 Å². The lowest BCUT2D eigenvalue weighted by Crippen LogP contribution is -2.43. The van der Waals surface area contributed by atoms with Crippen molar-refractivity contribution in [2.24, 2.45) is 17.1 Å². The molecule has 19 heavy (non-hydrogen) atoms. The number of hydrogen-bond acceptors (Lipinski definition) is 3. The molecule has 104 valence electrons. The Morgan fingerprint density at radius 2 is 2.37 bits per heavy atom. The van der Waals surface area contributed by atoms with Crippen LogP contribution in [0.5, 0.6) is 0 Å². The highest BCUT2D eigenvalue weighted by molar-refractivity contribution is 7.15. The molecule has 0 saturated heterocycles. The van der Waals surface area contributed by atoms with Crippen LogP contribution in [-0.4, -0.2) is 15.4 Å². The second kappa shape index (κ2) is 4.91. The minimum atomic E-state index is 0.236. The van der Waals surface area contributed by atoms with Gasteiger partial charge in [0, 0.05) is 30.2 Å². The molecule has 1 fully saturated rings. The Hall–Kier alpha value is -0.870. The summed E-state index contributed by atoms with van der Waals surface area (Å²) in [5.74, 6) is 0.626. The lowest BCUT2D eigenvalue weighted by molar-refractivity contribution is 0.112. The van der Waals surface area contributed by atoms with Gasteiger partial charge in [0.1, 0.15) is 0 Å². The highest BCUT2D eigenvalue weighted by atomic mass is 32.1. The first kappa shape index (κ1) is 13.1. The van der Waals surface area contributed by atoms with Crippen molar-refractivity contribution < 1.29 is 0 Å². The minimum Gasteiger partial charge on any atom is -0.327 e. The summed E-state index contributed by atoms with van der Waals surface area (Å²) in [6.07, 6.45) is 10.4. The van der Waals surface area contributed by atoms with Crippen molar-refractivity contribution >= 4 is 16.3 Å². The van der Waals surface area contributed by atoms with Crippen molar-refractivity contribution in [1.82, 2.24) is 9.38 Å². The maximum absolute atomic E-state index is 6.50. The summed E-state index contributed by atoms with van der Waals surface area (Å²) in [7, 11) is 0. The van der Waals surface area contributed by atoms with Crippen LogP contribution < -0.4 is 5.73 Å². The summed E-state index contributed by atoms with van der Waals surface area (Å²) >= 11 is 1.68. The zero-order valence-corrected chi connectivity index (χ0v) is 12.6. The van der Waals surface area contributed by atoms with Gasteiger partial charge in [0.25, 0.3) is 0 Å². The number of nitrogens with zero attached hydrogens (tertiary/aromatic N) is 2. The van der Waals surface area contributed by atoms with Crippen LogP contribution in [0.15, 0.2) is 17.8 Å². The summed E-state index contributed by atoms with van der Waals surface area (Å²) in [5.41, 5.74) is 8.02. The van der Waals surface area contributed by atoms with Gasteiger partial charge in [-0.15, -0.1) is 11.3 Å². The van der Waals surface area contributed by atoms with E-state index in [1.165, 1.54) is 25.7 Å². The fourth-order valence-corrected chi connectivity index (χ4v) is 4.29. The highest BCUT2D eigenvalue weighted by Crippen LogP contribution is 2.42. The van der Waals surface area contributed by atoms with Gasteiger partial charge in [-0.25, -0.2) is 4.98 Å². The van der Waals surface area contributed by atoms with Crippen molar-refractivity contribution in [3.63, 3.8) is 0 Å². The molecule has 2 heterocycles. The van der Waals surface area contributed by atoms with Crippen molar-refractivity contribution in [1.29, 1.82) is 0 Å². The van der Waals surface area contributed by atoms with E-state index in [1.807, 2.05) is 0 Å². The SMILES string of the molecule is CC1(C)CCCCC1C(N)Cc1cn2ccsc2n1. The van der Waals surface area contributed by atoms with Crippen LogP contribution in [0.2, 0.25) is 0 Å². The van der Waals surface area contributed by atoms with Crippen molar-refractivity contribution in [3.8, 4) is 0 Å². The smallest absolute Gasteiger partial charge is 0.193 e. The predicted octanol–water partition coefficient (Wildman–Crippen LogP) is 3.48. The van der Waals surface area contributed by atoms with Crippen molar-refractivity contribution in [2.75, 3.05) is 0 Å². The molecule has 0 aromatic carbocycles. The topological polar surface area (TPSA) is 43.3 Å².